The van der Waals surface area contributed by atoms with Gasteiger partial charge in [0, 0.05) is 26.7 Å². The molecule has 1 rings (SSSR count). The van der Waals surface area contributed by atoms with Gasteiger partial charge in [0.25, 0.3) is 10.2 Å². The summed E-state index contributed by atoms with van der Waals surface area (Å²) in [7, 11) is -1.26. The second-order valence-corrected chi connectivity index (χ2v) is 7.28. The molecule has 0 aliphatic heterocycles. The highest BCUT2D eigenvalue weighted by atomic mass is 32.2. The number of rotatable bonds is 6. The van der Waals surface area contributed by atoms with E-state index in [4.69, 9.17) is 5.26 Å². The van der Waals surface area contributed by atoms with Gasteiger partial charge < -0.3 is 0 Å². The molecule has 9 heteroatoms. The van der Waals surface area contributed by atoms with Crippen LogP contribution in [0.2, 0.25) is 0 Å². The predicted octanol–water partition coefficient (Wildman–Crippen LogP) is 2.62. The van der Waals surface area contributed by atoms with Crippen molar-refractivity contribution in [2.24, 2.45) is 0 Å². The van der Waals surface area contributed by atoms with Crippen LogP contribution in [-0.2, 0) is 22.9 Å². The molecule has 0 saturated carbocycles. The predicted molar refractivity (Wildman–Crippen MR) is 79.3 cm³/mol. The van der Waals surface area contributed by atoms with E-state index in [1.54, 1.807) is 6.92 Å². The van der Waals surface area contributed by atoms with Crippen molar-refractivity contribution < 1.29 is 21.6 Å². The van der Waals surface area contributed by atoms with Gasteiger partial charge in [0.2, 0.25) is 0 Å². The first kappa shape index (κ1) is 19.4. The van der Waals surface area contributed by atoms with Crippen molar-refractivity contribution in [2.75, 3.05) is 14.1 Å². The summed E-state index contributed by atoms with van der Waals surface area (Å²) in [4.78, 5) is 0. The molecule has 0 fully saturated rings. The molecule has 1 aromatic rings. The van der Waals surface area contributed by atoms with E-state index in [1.807, 2.05) is 6.07 Å². The first-order valence-corrected chi connectivity index (χ1v) is 8.12. The summed E-state index contributed by atoms with van der Waals surface area (Å²) in [6.45, 7) is 1.38. The minimum absolute atomic E-state index is 0.0210. The van der Waals surface area contributed by atoms with Gasteiger partial charge >= 0.3 is 6.18 Å². The maximum atomic E-state index is 12.7. The Morgan fingerprint density at radius 1 is 1.30 bits per heavy atom. The molecule has 0 aliphatic carbocycles. The molecule has 0 saturated heterocycles. The standard InChI is InChI=1S/C14H18F3N3O2S/c1-11(7-8-18)20(3)23(21,22)19(2)10-12-5-4-6-13(9-12)14(15,16)17/h4-6,9,11H,7,10H2,1-3H3/t11-/m1/s1. The molecule has 0 aromatic heterocycles. The molecule has 0 radical (unpaired) electrons. The molecule has 0 bridgehead atoms. The van der Waals surface area contributed by atoms with E-state index >= 15 is 0 Å². The van der Waals surface area contributed by atoms with Gasteiger partial charge in [0.05, 0.1) is 18.1 Å². The highest BCUT2D eigenvalue weighted by Gasteiger charge is 2.31. The minimum Gasteiger partial charge on any atom is -0.198 e. The van der Waals surface area contributed by atoms with Crippen molar-refractivity contribution in [3.8, 4) is 6.07 Å². The van der Waals surface area contributed by atoms with E-state index in [1.165, 1.54) is 26.2 Å². The molecule has 1 aromatic carbocycles. The van der Waals surface area contributed by atoms with Crippen LogP contribution in [0.4, 0.5) is 13.2 Å². The molecule has 0 spiro atoms. The Morgan fingerprint density at radius 3 is 2.43 bits per heavy atom. The Kier molecular flexibility index (Phi) is 6.16. The Labute approximate surface area is 134 Å². The summed E-state index contributed by atoms with van der Waals surface area (Å²) in [5, 5.41) is 8.64. The molecule has 0 heterocycles. The van der Waals surface area contributed by atoms with Crippen LogP contribution in [0.3, 0.4) is 0 Å². The first-order valence-electron chi connectivity index (χ1n) is 6.72. The van der Waals surface area contributed by atoms with Gasteiger partial charge in [0.15, 0.2) is 0 Å². The molecular weight excluding hydrogens is 331 g/mol. The third-order valence-corrected chi connectivity index (χ3v) is 5.43. The number of alkyl halides is 3. The fraction of sp³-hybridized carbons (Fsp3) is 0.500. The van der Waals surface area contributed by atoms with Gasteiger partial charge in [0.1, 0.15) is 0 Å². The smallest absolute Gasteiger partial charge is 0.198 e. The van der Waals surface area contributed by atoms with Crippen LogP contribution < -0.4 is 0 Å². The molecule has 0 amide bonds. The molecular formula is C14H18F3N3O2S. The van der Waals surface area contributed by atoms with Crippen molar-refractivity contribution in [1.82, 2.24) is 8.61 Å². The summed E-state index contributed by atoms with van der Waals surface area (Å²) in [5.74, 6) is 0. The number of halogens is 3. The third-order valence-electron chi connectivity index (χ3n) is 3.42. The van der Waals surface area contributed by atoms with Crippen LogP contribution in [0.5, 0.6) is 0 Å². The van der Waals surface area contributed by atoms with Gasteiger partial charge in [-0.2, -0.15) is 35.5 Å². The van der Waals surface area contributed by atoms with Crippen molar-refractivity contribution in [3.63, 3.8) is 0 Å². The highest BCUT2D eigenvalue weighted by Crippen LogP contribution is 2.29. The normalized spacial score (nSPS) is 14.0. The Morgan fingerprint density at radius 2 is 1.91 bits per heavy atom. The number of hydrogen-bond donors (Lipinski definition) is 0. The fourth-order valence-electron chi connectivity index (χ4n) is 1.89. The maximum absolute atomic E-state index is 12.7. The Hall–Kier alpha value is -1.63. The highest BCUT2D eigenvalue weighted by molar-refractivity contribution is 7.86. The molecule has 0 unspecified atom stereocenters. The van der Waals surface area contributed by atoms with Gasteiger partial charge in [-0.3, -0.25) is 0 Å². The van der Waals surface area contributed by atoms with Crippen molar-refractivity contribution in [1.29, 1.82) is 5.26 Å². The quantitative estimate of drug-likeness (QED) is 0.793. The fourth-order valence-corrected chi connectivity index (χ4v) is 3.17. The number of benzene rings is 1. The maximum Gasteiger partial charge on any atom is 0.416 e. The molecule has 128 valence electrons. The third kappa shape index (κ3) is 4.92. The van der Waals surface area contributed by atoms with Crippen molar-refractivity contribution in [2.45, 2.75) is 32.1 Å². The average Bonchev–Trinajstić information content (AvgIpc) is 2.46. The van der Waals surface area contributed by atoms with Crippen LogP contribution in [-0.4, -0.2) is 37.2 Å². The van der Waals surface area contributed by atoms with Gasteiger partial charge in [-0.25, -0.2) is 0 Å². The molecule has 5 nitrogen and oxygen atoms in total. The van der Waals surface area contributed by atoms with E-state index in [2.05, 4.69) is 0 Å². The van der Waals surface area contributed by atoms with Crippen molar-refractivity contribution >= 4 is 10.2 Å². The van der Waals surface area contributed by atoms with E-state index in [0.29, 0.717) is 0 Å². The number of nitriles is 1. The largest absolute Gasteiger partial charge is 0.416 e. The van der Waals surface area contributed by atoms with E-state index < -0.39 is 28.0 Å². The zero-order valence-electron chi connectivity index (χ0n) is 13.0. The summed E-state index contributed by atoms with van der Waals surface area (Å²) < 4.78 is 64.8. The monoisotopic (exact) mass is 349 g/mol. The number of nitrogens with zero attached hydrogens (tertiary/aromatic N) is 3. The first-order chi connectivity index (χ1) is 10.5. The van der Waals surface area contributed by atoms with Crippen LogP contribution in [0.25, 0.3) is 0 Å². The van der Waals surface area contributed by atoms with E-state index in [0.717, 1.165) is 20.7 Å². The Balaban J connectivity index is 2.95. The lowest BCUT2D eigenvalue weighted by molar-refractivity contribution is -0.137. The average molecular weight is 349 g/mol. The summed E-state index contributed by atoms with van der Waals surface area (Å²) in [6.07, 6.45) is -4.46. The van der Waals surface area contributed by atoms with Crippen LogP contribution in [0.15, 0.2) is 24.3 Å². The minimum atomic E-state index is -4.48. The second-order valence-electron chi connectivity index (χ2n) is 5.19. The number of hydrogen-bond acceptors (Lipinski definition) is 3. The zero-order chi connectivity index (χ0) is 17.8. The lowest BCUT2D eigenvalue weighted by Crippen LogP contribution is -2.43. The Bertz CT molecular complexity index is 683. The van der Waals surface area contributed by atoms with Crippen LogP contribution >= 0.6 is 0 Å². The van der Waals surface area contributed by atoms with Crippen LogP contribution in [0.1, 0.15) is 24.5 Å². The lowest BCUT2D eigenvalue weighted by atomic mass is 10.1. The summed E-state index contributed by atoms with van der Waals surface area (Å²) in [5.41, 5.74) is -0.598. The summed E-state index contributed by atoms with van der Waals surface area (Å²) >= 11 is 0. The van der Waals surface area contributed by atoms with Gasteiger partial charge in [-0.1, -0.05) is 18.2 Å². The molecule has 1 atom stereocenters. The second kappa shape index (κ2) is 7.29. The summed E-state index contributed by atoms with van der Waals surface area (Å²) in [6, 6.07) is 5.87. The topological polar surface area (TPSA) is 64.4 Å². The molecule has 23 heavy (non-hydrogen) atoms. The van der Waals surface area contributed by atoms with Gasteiger partial charge in [-0.05, 0) is 18.6 Å². The van der Waals surface area contributed by atoms with Crippen molar-refractivity contribution in [3.05, 3.63) is 35.4 Å². The van der Waals surface area contributed by atoms with Crippen LogP contribution in [0, 0.1) is 11.3 Å². The zero-order valence-corrected chi connectivity index (χ0v) is 13.8. The SMILES string of the molecule is C[C@H](CC#N)N(C)S(=O)(=O)N(C)Cc1cccc(C(F)(F)F)c1. The molecule has 0 aliphatic rings. The van der Waals surface area contributed by atoms with E-state index in [-0.39, 0.29) is 18.5 Å². The van der Waals surface area contributed by atoms with E-state index in [9.17, 15) is 21.6 Å². The lowest BCUT2D eigenvalue weighted by Gasteiger charge is -2.28. The van der Waals surface area contributed by atoms with Gasteiger partial charge in [-0.15, -0.1) is 0 Å². The molecule has 0 N–H and O–H groups in total.